The zero-order valence-corrected chi connectivity index (χ0v) is 18.0. The predicted octanol–water partition coefficient (Wildman–Crippen LogP) is 4.07. The van der Waals surface area contributed by atoms with E-state index in [9.17, 15) is 9.18 Å². The minimum atomic E-state index is -0.600. The lowest BCUT2D eigenvalue weighted by atomic mass is 9.76. The summed E-state index contributed by atoms with van der Waals surface area (Å²) >= 11 is 0. The van der Waals surface area contributed by atoms with Crippen molar-refractivity contribution in [1.29, 1.82) is 0 Å². The summed E-state index contributed by atoms with van der Waals surface area (Å²) in [5, 5.41) is 2.48. The number of carbonyl (C=O) groups is 1. The maximum Gasteiger partial charge on any atom is 0.498 e. The average molecular weight is 399 g/mol. The van der Waals surface area contributed by atoms with Gasteiger partial charge in [-0.2, -0.15) is 0 Å². The number of methoxy groups -OCH3 is 1. The van der Waals surface area contributed by atoms with Crippen LogP contribution in [0, 0.1) is 12.7 Å². The van der Waals surface area contributed by atoms with Crippen molar-refractivity contribution in [2.75, 3.05) is 12.4 Å². The van der Waals surface area contributed by atoms with Crippen molar-refractivity contribution in [3.8, 4) is 16.9 Å². The van der Waals surface area contributed by atoms with Crippen molar-refractivity contribution >= 4 is 24.2 Å². The zero-order chi connectivity index (χ0) is 21.6. The molecule has 0 aliphatic carbocycles. The van der Waals surface area contributed by atoms with E-state index >= 15 is 0 Å². The van der Waals surface area contributed by atoms with E-state index in [-0.39, 0.29) is 11.6 Å². The number of hydrogen-bond acceptors (Lipinski definition) is 4. The molecule has 1 saturated heterocycles. The molecule has 1 heterocycles. The molecule has 0 saturated carbocycles. The van der Waals surface area contributed by atoms with Crippen LogP contribution in [0.1, 0.15) is 40.2 Å². The molecule has 3 rings (SSSR count). The van der Waals surface area contributed by atoms with Gasteiger partial charge in [0.05, 0.1) is 24.0 Å². The van der Waals surface area contributed by atoms with Gasteiger partial charge in [0.25, 0.3) is 0 Å². The van der Waals surface area contributed by atoms with E-state index in [0.717, 1.165) is 16.6 Å². The van der Waals surface area contributed by atoms with Crippen molar-refractivity contribution in [3.05, 3.63) is 41.7 Å². The molecule has 2 aromatic carbocycles. The molecular formula is C22H27BFNO4. The Balaban J connectivity index is 2.08. The van der Waals surface area contributed by atoms with Crippen LogP contribution in [0.15, 0.2) is 30.3 Å². The van der Waals surface area contributed by atoms with Crippen LogP contribution < -0.4 is 15.5 Å². The van der Waals surface area contributed by atoms with Crippen LogP contribution in [0.25, 0.3) is 11.1 Å². The quantitative estimate of drug-likeness (QED) is 0.788. The molecule has 0 aromatic heterocycles. The van der Waals surface area contributed by atoms with Crippen molar-refractivity contribution in [1.82, 2.24) is 0 Å². The first-order chi connectivity index (χ1) is 13.4. The van der Waals surface area contributed by atoms with Gasteiger partial charge in [0.1, 0.15) is 11.6 Å². The van der Waals surface area contributed by atoms with Gasteiger partial charge in [0.15, 0.2) is 0 Å². The first-order valence-corrected chi connectivity index (χ1v) is 9.57. The van der Waals surface area contributed by atoms with Crippen LogP contribution in [-0.2, 0) is 14.1 Å². The number of anilines is 1. The first kappa shape index (κ1) is 21.3. The topological polar surface area (TPSA) is 56.8 Å². The molecule has 0 spiro atoms. The largest absolute Gasteiger partial charge is 0.498 e. The second kappa shape index (κ2) is 7.46. The Morgan fingerprint density at radius 1 is 1.10 bits per heavy atom. The first-order valence-electron chi connectivity index (χ1n) is 9.57. The molecule has 1 aliphatic heterocycles. The number of halogens is 1. The van der Waals surface area contributed by atoms with Crippen LogP contribution >= 0.6 is 0 Å². The molecule has 29 heavy (non-hydrogen) atoms. The van der Waals surface area contributed by atoms with Crippen molar-refractivity contribution in [3.63, 3.8) is 0 Å². The van der Waals surface area contributed by atoms with Crippen LogP contribution in [0.5, 0.6) is 5.75 Å². The number of aryl methyl sites for hydroxylation is 1. The Kier molecular flexibility index (Phi) is 5.49. The Labute approximate surface area is 171 Å². The highest BCUT2D eigenvalue weighted by atomic mass is 19.1. The SMILES string of the molecule is COc1c(B2OC(C)(C)C(C)(C)O2)cc(C)cc1-c1ccc(NC(C)=O)c(F)c1. The lowest BCUT2D eigenvalue weighted by molar-refractivity contribution is -0.114. The number of rotatable bonds is 4. The fraction of sp³-hybridized carbons (Fsp3) is 0.409. The van der Waals surface area contributed by atoms with Crippen molar-refractivity contribution < 1.29 is 23.2 Å². The fourth-order valence-electron chi connectivity index (χ4n) is 3.36. The van der Waals surface area contributed by atoms with Crippen LogP contribution in [0.4, 0.5) is 10.1 Å². The number of carbonyl (C=O) groups excluding carboxylic acids is 1. The molecule has 1 fully saturated rings. The number of amides is 1. The van der Waals surface area contributed by atoms with E-state index in [2.05, 4.69) is 5.32 Å². The molecule has 1 N–H and O–H groups in total. The van der Waals surface area contributed by atoms with E-state index < -0.39 is 24.1 Å². The monoisotopic (exact) mass is 399 g/mol. The molecule has 0 unspecified atom stereocenters. The van der Waals surface area contributed by atoms with E-state index in [1.54, 1.807) is 19.2 Å². The molecule has 1 aliphatic rings. The fourth-order valence-corrected chi connectivity index (χ4v) is 3.36. The molecule has 0 atom stereocenters. The van der Waals surface area contributed by atoms with Gasteiger partial charge in [-0.3, -0.25) is 4.79 Å². The number of benzene rings is 2. The summed E-state index contributed by atoms with van der Waals surface area (Å²) in [7, 11) is 0.974. The minimum Gasteiger partial charge on any atom is -0.496 e. The summed E-state index contributed by atoms with van der Waals surface area (Å²) in [5.41, 5.74) is 2.25. The predicted molar refractivity (Wildman–Crippen MR) is 113 cm³/mol. The Hall–Kier alpha value is -2.38. The van der Waals surface area contributed by atoms with Gasteiger partial charge in [0.2, 0.25) is 5.91 Å². The highest BCUT2D eigenvalue weighted by molar-refractivity contribution is 6.63. The van der Waals surface area contributed by atoms with Gasteiger partial charge < -0.3 is 19.4 Å². The summed E-state index contributed by atoms with van der Waals surface area (Å²) in [4.78, 5) is 11.2. The van der Waals surface area contributed by atoms with Gasteiger partial charge in [-0.1, -0.05) is 17.7 Å². The summed E-state index contributed by atoms with van der Waals surface area (Å²) < 4.78 is 32.7. The molecule has 154 valence electrons. The summed E-state index contributed by atoms with van der Waals surface area (Å²) in [6, 6.07) is 8.57. The van der Waals surface area contributed by atoms with Crippen LogP contribution in [0.3, 0.4) is 0 Å². The van der Waals surface area contributed by atoms with Gasteiger partial charge in [0, 0.05) is 17.9 Å². The smallest absolute Gasteiger partial charge is 0.496 e. The Bertz CT molecular complexity index is 942. The van der Waals surface area contributed by atoms with Gasteiger partial charge in [-0.05, 0) is 58.4 Å². The highest BCUT2D eigenvalue weighted by Gasteiger charge is 2.52. The third kappa shape index (κ3) is 4.02. The average Bonchev–Trinajstić information content (AvgIpc) is 2.83. The zero-order valence-electron chi connectivity index (χ0n) is 18.0. The lowest BCUT2D eigenvalue weighted by Gasteiger charge is -2.32. The molecule has 7 heteroatoms. The third-order valence-corrected chi connectivity index (χ3v) is 5.56. The van der Waals surface area contributed by atoms with Crippen LogP contribution in [0.2, 0.25) is 0 Å². The van der Waals surface area contributed by atoms with Crippen molar-refractivity contribution in [2.45, 2.75) is 52.7 Å². The van der Waals surface area contributed by atoms with E-state index in [1.165, 1.54) is 13.0 Å². The minimum absolute atomic E-state index is 0.138. The Morgan fingerprint density at radius 3 is 2.24 bits per heavy atom. The second-order valence-corrected chi connectivity index (χ2v) is 8.40. The molecule has 0 bridgehead atoms. The number of ether oxygens (including phenoxy) is 1. The van der Waals surface area contributed by atoms with Gasteiger partial charge in [-0.25, -0.2) is 4.39 Å². The van der Waals surface area contributed by atoms with E-state index in [0.29, 0.717) is 11.3 Å². The molecule has 2 aromatic rings. The number of hydrogen-bond donors (Lipinski definition) is 1. The maximum absolute atomic E-state index is 14.5. The third-order valence-electron chi connectivity index (χ3n) is 5.56. The van der Waals surface area contributed by atoms with Crippen molar-refractivity contribution in [2.24, 2.45) is 0 Å². The Morgan fingerprint density at radius 2 is 1.72 bits per heavy atom. The summed E-state index contributed by atoms with van der Waals surface area (Å²) in [5.74, 6) is -0.271. The van der Waals surface area contributed by atoms with Gasteiger partial charge >= 0.3 is 7.12 Å². The molecule has 5 nitrogen and oxygen atoms in total. The normalized spacial score (nSPS) is 17.3. The van der Waals surface area contributed by atoms with Crippen LogP contribution in [-0.4, -0.2) is 31.3 Å². The maximum atomic E-state index is 14.5. The molecular weight excluding hydrogens is 372 g/mol. The second-order valence-electron chi connectivity index (χ2n) is 8.40. The standard InChI is InChI=1S/C22H27BFNO4/c1-13-10-16(15-8-9-19(18(24)12-15)25-14(2)26)20(27-7)17(11-13)23-28-21(3,4)22(5,6)29-23/h8-12H,1-7H3,(H,25,26). The summed E-state index contributed by atoms with van der Waals surface area (Å²) in [6.07, 6.45) is 0. The summed E-state index contributed by atoms with van der Waals surface area (Å²) in [6.45, 7) is 11.3. The molecule has 0 radical (unpaired) electrons. The van der Waals surface area contributed by atoms with E-state index in [1.807, 2.05) is 46.8 Å². The molecule has 1 amide bonds. The number of nitrogens with one attached hydrogen (secondary N) is 1. The van der Waals surface area contributed by atoms with E-state index in [4.69, 9.17) is 14.0 Å². The van der Waals surface area contributed by atoms with Gasteiger partial charge in [-0.15, -0.1) is 0 Å². The lowest BCUT2D eigenvalue weighted by Crippen LogP contribution is -2.41. The highest BCUT2D eigenvalue weighted by Crippen LogP contribution is 2.39.